The highest BCUT2D eigenvalue weighted by atomic mass is 35.5. The third-order valence-electron chi connectivity index (χ3n) is 4.51. The largest absolute Gasteiger partial charge is 0.326 e. The zero-order chi connectivity index (χ0) is 17.4. The summed E-state index contributed by atoms with van der Waals surface area (Å²) in [5, 5.41) is 0.704. The highest BCUT2D eigenvalue weighted by molar-refractivity contribution is 6.53. The third kappa shape index (κ3) is 3.25. The highest BCUT2D eigenvalue weighted by Gasteiger charge is 2.62. The van der Waals surface area contributed by atoms with E-state index in [1.54, 1.807) is 0 Å². The molecule has 0 aliphatic carbocycles. The minimum Gasteiger partial charge on any atom is -0.326 e. The SMILES string of the molecule is Clc1ccc(C2N(c3ccccc3Cc3ccccc3)C2(Cl)Cl)cc1. The second-order valence-corrected chi connectivity index (χ2v) is 7.99. The second kappa shape index (κ2) is 6.57. The van der Waals surface area contributed by atoms with Gasteiger partial charge >= 0.3 is 0 Å². The summed E-state index contributed by atoms with van der Waals surface area (Å²) in [4.78, 5) is 2.05. The van der Waals surface area contributed by atoms with Crippen molar-refractivity contribution in [2.24, 2.45) is 0 Å². The lowest BCUT2D eigenvalue weighted by Crippen LogP contribution is -2.04. The summed E-state index contributed by atoms with van der Waals surface area (Å²) >= 11 is 19.2. The van der Waals surface area contributed by atoms with Gasteiger partial charge in [-0.05, 0) is 41.3 Å². The minimum atomic E-state index is -0.944. The molecule has 3 aromatic rings. The van der Waals surface area contributed by atoms with Crippen molar-refractivity contribution in [2.45, 2.75) is 16.9 Å². The number of alkyl halides is 2. The molecule has 1 unspecified atom stereocenters. The fourth-order valence-corrected chi connectivity index (χ4v) is 4.10. The van der Waals surface area contributed by atoms with Crippen molar-refractivity contribution < 1.29 is 0 Å². The van der Waals surface area contributed by atoms with Crippen LogP contribution in [0.3, 0.4) is 0 Å². The van der Waals surface area contributed by atoms with E-state index in [1.807, 2.05) is 42.5 Å². The molecule has 1 nitrogen and oxygen atoms in total. The summed E-state index contributed by atoms with van der Waals surface area (Å²) in [6.07, 6.45) is 0.838. The molecule has 1 heterocycles. The Hall–Kier alpha value is -1.67. The molecule has 4 rings (SSSR count). The van der Waals surface area contributed by atoms with Crippen LogP contribution in [-0.4, -0.2) is 4.46 Å². The fraction of sp³-hybridized carbons (Fsp3) is 0.143. The molecule has 0 aromatic heterocycles. The maximum Gasteiger partial charge on any atom is 0.215 e. The van der Waals surface area contributed by atoms with Crippen LogP contribution in [-0.2, 0) is 6.42 Å². The zero-order valence-corrected chi connectivity index (χ0v) is 15.6. The van der Waals surface area contributed by atoms with Crippen LogP contribution in [0, 0.1) is 0 Å². The van der Waals surface area contributed by atoms with Gasteiger partial charge < -0.3 is 4.90 Å². The van der Waals surface area contributed by atoms with E-state index in [0.29, 0.717) is 5.02 Å². The standard InChI is InChI=1S/C21H16Cl3N/c22-18-12-10-16(11-13-18)20-21(23,24)25(20)19-9-5-4-8-17(19)14-15-6-2-1-3-7-15/h1-13,20H,14H2. The summed E-state index contributed by atoms with van der Waals surface area (Å²) in [5.41, 5.74) is 4.59. The first kappa shape index (κ1) is 16.8. The summed E-state index contributed by atoms with van der Waals surface area (Å²) in [6.45, 7) is 0. The van der Waals surface area contributed by atoms with E-state index in [2.05, 4.69) is 41.3 Å². The number of anilines is 1. The number of para-hydroxylation sites is 1. The first-order valence-electron chi connectivity index (χ1n) is 8.12. The molecule has 25 heavy (non-hydrogen) atoms. The van der Waals surface area contributed by atoms with Gasteiger partial charge in [-0.15, -0.1) is 0 Å². The van der Waals surface area contributed by atoms with Gasteiger partial charge in [-0.3, -0.25) is 0 Å². The molecule has 1 aliphatic heterocycles. The first-order chi connectivity index (χ1) is 12.1. The Kier molecular flexibility index (Phi) is 4.41. The van der Waals surface area contributed by atoms with E-state index >= 15 is 0 Å². The summed E-state index contributed by atoms with van der Waals surface area (Å²) in [6, 6.07) is 26.3. The van der Waals surface area contributed by atoms with Gasteiger partial charge in [0.25, 0.3) is 0 Å². The molecule has 126 valence electrons. The number of rotatable bonds is 4. The predicted octanol–water partition coefficient (Wildman–Crippen LogP) is 6.62. The van der Waals surface area contributed by atoms with Crippen molar-refractivity contribution in [2.75, 3.05) is 4.90 Å². The molecule has 1 saturated heterocycles. The molecule has 0 amide bonds. The van der Waals surface area contributed by atoms with Gasteiger partial charge in [0.15, 0.2) is 0 Å². The van der Waals surface area contributed by atoms with Gasteiger partial charge in [0.1, 0.15) is 6.04 Å². The smallest absolute Gasteiger partial charge is 0.215 e. The van der Waals surface area contributed by atoms with Crippen LogP contribution in [0.5, 0.6) is 0 Å². The van der Waals surface area contributed by atoms with Crippen LogP contribution >= 0.6 is 34.8 Å². The Labute approximate surface area is 162 Å². The molecule has 0 saturated carbocycles. The van der Waals surface area contributed by atoms with Crippen LogP contribution in [0.4, 0.5) is 5.69 Å². The van der Waals surface area contributed by atoms with E-state index in [0.717, 1.165) is 17.7 Å². The topological polar surface area (TPSA) is 3.01 Å². The molecule has 3 aromatic carbocycles. The Bertz CT molecular complexity index is 875. The fourth-order valence-electron chi connectivity index (χ4n) is 3.25. The molecule has 0 spiro atoms. The van der Waals surface area contributed by atoms with E-state index in [9.17, 15) is 0 Å². The van der Waals surface area contributed by atoms with Crippen LogP contribution in [0.2, 0.25) is 5.02 Å². The van der Waals surface area contributed by atoms with Crippen molar-refractivity contribution >= 4 is 40.5 Å². The Morgan fingerprint density at radius 2 is 1.44 bits per heavy atom. The van der Waals surface area contributed by atoms with Gasteiger partial charge in [-0.2, -0.15) is 0 Å². The van der Waals surface area contributed by atoms with E-state index in [1.165, 1.54) is 11.1 Å². The molecular formula is C21H16Cl3N. The summed E-state index contributed by atoms with van der Waals surface area (Å²) < 4.78 is -0.944. The first-order valence-corrected chi connectivity index (χ1v) is 9.25. The number of hydrogen-bond donors (Lipinski definition) is 0. The van der Waals surface area contributed by atoms with E-state index in [4.69, 9.17) is 34.8 Å². The van der Waals surface area contributed by atoms with Crippen LogP contribution in [0.15, 0.2) is 78.9 Å². The third-order valence-corrected chi connectivity index (χ3v) is 5.54. The second-order valence-electron chi connectivity index (χ2n) is 6.20. The molecule has 0 N–H and O–H groups in total. The molecular weight excluding hydrogens is 373 g/mol. The number of hydrogen-bond acceptors (Lipinski definition) is 1. The average molecular weight is 389 g/mol. The van der Waals surface area contributed by atoms with Crippen LogP contribution < -0.4 is 4.90 Å². The zero-order valence-electron chi connectivity index (χ0n) is 13.4. The van der Waals surface area contributed by atoms with Gasteiger partial charge in [0.05, 0.1) is 0 Å². The van der Waals surface area contributed by atoms with Crippen LogP contribution in [0.1, 0.15) is 22.7 Å². The van der Waals surface area contributed by atoms with Crippen molar-refractivity contribution in [3.63, 3.8) is 0 Å². The van der Waals surface area contributed by atoms with E-state index in [-0.39, 0.29) is 6.04 Å². The molecule has 1 fully saturated rings. The van der Waals surface area contributed by atoms with Gasteiger partial charge in [0, 0.05) is 10.7 Å². The predicted molar refractivity (Wildman–Crippen MR) is 107 cm³/mol. The van der Waals surface area contributed by atoms with Gasteiger partial charge in [-0.1, -0.05) is 95.5 Å². The number of benzene rings is 3. The maximum atomic E-state index is 6.62. The molecule has 0 radical (unpaired) electrons. The lowest BCUT2D eigenvalue weighted by atomic mass is 10.0. The van der Waals surface area contributed by atoms with E-state index < -0.39 is 4.46 Å². The average Bonchev–Trinajstić information content (AvgIpc) is 3.19. The molecule has 1 atom stereocenters. The van der Waals surface area contributed by atoms with Gasteiger partial charge in [-0.25, -0.2) is 0 Å². The van der Waals surface area contributed by atoms with Crippen molar-refractivity contribution in [3.8, 4) is 0 Å². The quantitative estimate of drug-likeness (QED) is 0.275. The van der Waals surface area contributed by atoms with Crippen molar-refractivity contribution in [1.29, 1.82) is 0 Å². The molecule has 1 aliphatic rings. The summed E-state index contributed by atoms with van der Waals surface area (Å²) in [7, 11) is 0. The molecule has 4 heteroatoms. The number of nitrogens with zero attached hydrogens (tertiary/aromatic N) is 1. The lowest BCUT2D eigenvalue weighted by Gasteiger charge is -2.13. The minimum absolute atomic E-state index is 0.0787. The normalized spacial score (nSPS) is 18.2. The number of halogens is 3. The van der Waals surface area contributed by atoms with Crippen LogP contribution in [0.25, 0.3) is 0 Å². The van der Waals surface area contributed by atoms with Gasteiger partial charge in [0.2, 0.25) is 4.46 Å². The maximum absolute atomic E-state index is 6.62. The summed E-state index contributed by atoms with van der Waals surface area (Å²) in [5.74, 6) is 0. The highest BCUT2D eigenvalue weighted by Crippen LogP contribution is 2.61. The van der Waals surface area contributed by atoms with Crippen molar-refractivity contribution in [3.05, 3.63) is 101 Å². The van der Waals surface area contributed by atoms with Crippen molar-refractivity contribution in [1.82, 2.24) is 0 Å². The monoisotopic (exact) mass is 387 g/mol. The lowest BCUT2D eigenvalue weighted by molar-refractivity contribution is 1.09. The molecule has 0 bridgehead atoms. The Morgan fingerprint density at radius 3 is 2.16 bits per heavy atom. The Morgan fingerprint density at radius 1 is 0.800 bits per heavy atom. The Balaban J connectivity index is 1.67.